The van der Waals surface area contributed by atoms with Gasteiger partial charge in [0.2, 0.25) is 5.88 Å². The van der Waals surface area contributed by atoms with Crippen molar-refractivity contribution >= 4 is 23.5 Å². The minimum absolute atomic E-state index is 0.130. The minimum atomic E-state index is -1.14. The molecule has 1 heterocycles. The highest BCUT2D eigenvalue weighted by molar-refractivity contribution is 6.32. The number of para-hydroxylation sites is 1. The average Bonchev–Trinajstić information content (AvgIpc) is 3.03. The van der Waals surface area contributed by atoms with Gasteiger partial charge in [0.05, 0.1) is 23.2 Å². The molecule has 0 aliphatic carbocycles. The number of aromatic nitrogens is 2. The molecule has 0 bridgehead atoms. The summed E-state index contributed by atoms with van der Waals surface area (Å²) in [5.41, 5.74) is 0.670. The second kappa shape index (κ2) is 8.10. The van der Waals surface area contributed by atoms with Crippen LogP contribution in [-0.2, 0) is 4.79 Å². The van der Waals surface area contributed by atoms with Gasteiger partial charge in [0, 0.05) is 6.07 Å². The number of carboxylic acid groups (broad SMARTS) is 1. The molecule has 9 heteroatoms. The third-order valence-corrected chi connectivity index (χ3v) is 4.28. The Morgan fingerprint density at radius 2 is 1.86 bits per heavy atom. The van der Waals surface area contributed by atoms with E-state index >= 15 is 0 Å². The standard InChI is InChI=1S/C19H15ClFN3O4/c20-13-3-1-2-4-16(13)24-17(25)9-15(23-24)19(28)22-14(10-18(26)27)11-5-7-12(21)8-6-11/h1-9,14,25H,10H2,(H,22,28)(H,26,27)/t14-/m0/s1. The lowest BCUT2D eigenvalue weighted by Gasteiger charge is -2.16. The summed E-state index contributed by atoms with van der Waals surface area (Å²) in [6.07, 6.45) is -0.408. The fourth-order valence-electron chi connectivity index (χ4n) is 2.64. The molecule has 1 atom stereocenters. The maximum absolute atomic E-state index is 13.1. The summed E-state index contributed by atoms with van der Waals surface area (Å²) >= 11 is 6.09. The van der Waals surface area contributed by atoms with Crippen LogP contribution < -0.4 is 5.32 Å². The van der Waals surface area contributed by atoms with Crippen molar-refractivity contribution in [2.24, 2.45) is 0 Å². The summed E-state index contributed by atoms with van der Waals surface area (Å²) in [5.74, 6) is -2.63. The number of halogens is 2. The third kappa shape index (κ3) is 4.29. The van der Waals surface area contributed by atoms with Crippen LogP contribution in [0.15, 0.2) is 54.6 Å². The summed E-state index contributed by atoms with van der Waals surface area (Å²) < 4.78 is 14.2. The van der Waals surface area contributed by atoms with Crippen LogP contribution >= 0.6 is 11.6 Å². The Morgan fingerprint density at radius 3 is 2.50 bits per heavy atom. The molecule has 144 valence electrons. The number of nitrogens with zero attached hydrogens (tertiary/aromatic N) is 2. The third-order valence-electron chi connectivity index (χ3n) is 3.96. The Kier molecular flexibility index (Phi) is 5.60. The van der Waals surface area contributed by atoms with E-state index in [4.69, 9.17) is 16.7 Å². The molecule has 2 aromatic carbocycles. The Morgan fingerprint density at radius 1 is 1.18 bits per heavy atom. The van der Waals surface area contributed by atoms with E-state index in [0.29, 0.717) is 16.3 Å². The molecule has 7 nitrogen and oxygen atoms in total. The van der Waals surface area contributed by atoms with E-state index in [-0.39, 0.29) is 11.6 Å². The Hall–Kier alpha value is -3.39. The Balaban J connectivity index is 1.86. The highest BCUT2D eigenvalue weighted by Crippen LogP contribution is 2.25. The topological polar surface area (TPSA) is 104 Å². The molecule has 1 aromatic heterocycles. The van der Waals surface area contributed by atoms with Gasteiger partial charge in [-0.05, 0) is 29.8 Å². The van der Waals surface area contributed by atoms with Crippen LogP contribution in [0.1, 0.15) is 28.5 Å². The number of carboxylic acids is 1. The molecule has 0 saturated heterocycles. The number of nitrogens with one attached hydrogen (secondary N) is 1. The molecule has 0 aliphatic rings. The lowest BCUT2D eigenvalue weighted by molar-refractivity contribution is -0.137. The highest BCUT2D eigenvalue weighted by atomic mass is 35.5. The molecule has 0 spiro atoms. The molecule has 0 unspecified atom stereocenters. The zero-order chi connectivity index (χ0) is 20.3. The Bertz CT molecular complexity index is 1020. The van der Waals surface area contributed by atoms with Crippen molar-refractivity contribution in [2.75, 3.05) is 0 Å². The van der Waals surface area contributed by atoms with Crippen molar-refractivity contribution in [3.8, 4) is 11.6 Å². The van der Waals surface area contributed by atoms with Crippen molar-refractivity contribution < 1.29 is 24.2 Å². The van der Waals surface area contributed by atoms with Crippen molar-refractivity contribution in [1.82, 2.24) is 15.1 Å². The van der Waals surface area contributed by atoms with Gasteiger partial charge in [-0.2, -0.15) is 9.78 Å². The monoisotopic (exact) mass is 403 g/mol. The predicted octanol–water partition coefficient (Wildman–Crippen LogP) is 3.32. The number of carbonyl (C=O) groups is 2. The molecule has 1 amide bonds. The van der Waals surface area contributed by atoms with Crippen LogP contribution in [0.2, 0.25) is 5.02 Å². The predicted molar refractivity (Wildman–Crippen MR) is 99.1 cm³/mol. The number of amides is 1. The summed E-state index contributed by atoms with van der Waals surface area (Å²) in [6, 6.07) is 12.0. The van der Waals surface area contributed by atoms with Gasteiger partial charge in [-0.15, -0.1) is 0 Å². The summed E-state index contributed by atoms with van der Waals surface area (Å²) in [6.45, 7) is 0. The van der Waals surface area contributed by atoms with Gasteiger partial charge in [0.15, 0.2) is 5.69 Å². The fourth-order valence-corrected chi connectivity index (χ4v) is 2.85. The van der Waals surface area contributed by atoms with E-state index in [0.717, 1.165) is 10.7 Å². The van der Waals surface area contributed by atoms with Crippen LogP contribution in [0.25, 0.3) is 5.69 Å². The first kappa shape index (κ1) is 19.4. The van der Waals surface area contributed by atoms with Crippen LogP contribution in [0.5, 0.6) is 5.88 Å². The number of rotatable bonds is 6. The first-order chi connectivity index (χ1) is 13.3. The molecule has 3 rings (SSSR count). The quantitative estimate of drug-likeness (QED) is 0.585. The van der Waals surface area contributed by atoms with Crippen LogP contribution in [0.3, 0.4) is 0 Å². The van der Waals surface area contributed by atoms with Crippen molar-refractivity contribution in [2.45, 2.75) is 12.5 Å². The van der Waals surface area contributed by atoms with Crippen LogP contribution in [0, 0.1) is 5.82 Å². The van der Waals surface area contributed by atoms with E-state index in [2.05, 4.69) is 10.4 Å². The molecule has 28 heavy (non-hydrogen) atoms. The molecular formula is C19H15ClFN3O4. The van der Waals surface area contributed by atoms with E-state index in [1.165, 1.54) is 24.3 Å². The van der Waals surface area contributed by atoms with Gasteiger partial charge in [-0.1, -0.05) is 35.9 Å². The minimum Gasteiger partial charge on any atom is -0.493 e. The molecule has 0 saturated carbocycles. The summed E-state index contributed by atoms with van der Waals surface area (Å²) in [7, 11) is 0. The lowest BCUT2D eigenvalue weighted by Crippen LogP contribution is -2.30. The fraction of sp³-hybridized carbons (Fsp3) is 0.105. The molecule has 3 N–H and O–H groups in total. The van der Waals surface area contributed by atoms with Gasteiger partial charge in [0.1, 0.15) is 5.82 Å². The second-order valence-corrected chi connectivity index (χ2v) is 6.33. The summed E-state index contributed by atoms with van der Waals surface area (Å²) in [5, 5.41) is 26.1. The number of benzene rings is 2. The van der Waals surface area contributed by atoms with Gasteiger partial charge in [0.25, 0.3) is 5.91 Å². The van der Waals surface area contributed by atoms with E-state index in [1.807, 2.05) is 0 Å². The number of aliphatic carboxylic acids is 1. The Labute approximate surface area is 164 Å². The van der Waals surface area contributed by atoms with E-state index in [9.17, 15) is 19.1 Å². The zero-order valence-electron chi connectivity index (χ0n) is 14.3. The first-order valence-corrected chi connectivity index (χ1v) is 8.55. The number of hydrogen-bond donors (Lipinski definition) is 3. The molecule has 0 fully saturated rings. The first-order valence-electron chi connectivity index (χ1n) is 8.17. The van der Waals surface area contributed by atoms with Crippen molar-refractivity contribution in [3.05, 3.63) is 76.7 Å². The second-order valence-electron chi connectivity index (χ2n) is 5.93. The van der Waals surface area contributed by atoms with Crippen molar-refractivity contribution in [3.63, 3.8) is 0 Å². The maximum atomic E-state index is 13.1. The molecule has 0 aliphatic heterocycles. The van der Waals surface area contributed by atoms with Gasteiger partial charge in [-0.3, -0.25) is 9.59 Å². The molecular weight excluding hydrogens is 389 g/mol. The van der Waals surface area contributed by atoms with Crippen LogP contribution in [0.4, 0.5) is 4.39 Å². The number of hydrogen-bond acceptors (Lipinski definition) is 4. The van der Waals surface area contributed by atoms with Gasteiger partial charge >= 0.3 is 5.97 Å². The van der Waals surface area contributed by atoms with E-state index < -0.39 is 30.2 Å². The lowest BCUT2D eigenvalue weighted by atomic mass is 10.0. The number of carbonyl (C=O) groups excluding carboxylic acids is 1. The molecule has 0 radical (unpaired) electrons. The van der Waals surface area contributed by atoms with E-state index in [1.54, 1.807) is 24.3 Å². The van der Waals surface area contributed by atoms with Crippen molar-refractivity contribution in [1.29, 1.82) is 0 Å². The summed E-state index contributed by atoms with van der Waals surface area (Å²) in [4.78, 5) is 23.7. The zero-order valence-corrected chi connectivity index (χ0v) is 15.1. The smallest absolute Gasteiger partial charge is 0.305 e. The van der Waals surface area contributed by atoms with Gasteiger partial charge in [-0.25, -0.2) is 4.39 Å². The van der Waals surface area contributed by atoms with Gasteiger partial charge < -0.3 is 15.5 Å². The average molecular weight is 404 g/mol. The normalized spacial score (nSPS) is 11.8. The SMILES string of the molecule is O=C(O)C[C@H](NC(=O)c1cc(O)n(-c2ccccc2Cl)n1)c1ccc(F)cc1. The largest absolute Gasteiger partial charge is 0.493 e. The highest BCUT2D eigenvalue weighted by Gasteiger charge is 2.22. The molecule has 3 aromatic rings. The van der Waals surface area contributed by atoms with Crippen LogP contribution in [-0.4, -0.2) is 31.9 Å². The maximum Gasteiger partial charge on any atom is 0.305 e. The number of aromatic hydroxyl groups is 1.